The minimum absolute atomic E-state index is 0.206. The van der Waals surface area contributed by atoms with Gasteiger partial charge in [0, 0.05) is 0 Å². The van der Waals surface area contributed by atoms with Crippen molar-refractivity contribution < 1.29 is 14.6 Å². The highest BCUT2D eigenvalue weighted by molar-refractivity contribution is 5.47. The van der Waals surface area contributed by atoms with Crippen LogP contribution in [0.4, 0.5) is 0 Å². The van der Waals surface area contributed by atoms with Gasteiger partial charge in [0.05, 0.1) is 30.8 Å². The first-order valence-electron chi connectivity index (χ1n) is 8.94. The van der Waals surface area contributed by atoms with E-state index in [0.717, 1.165) is 18.4 Å². The number of hydrogen-bond acceptors (Lipinski definition) is 5. The summed E-state index contributed by atoms with van der Waals surface area (Å²) in [4.78, 5) is 0. The number of benzene rings is 1. The van der Waals surface area contributed by atoms with Crippen LogP contribution >= 0.6 is 0 Å². The van der Waals surface area contributed by atoms with E-state index in [9.17, 15) is 10.4 Å². The van der Waals surface area contributed by atoms with E-state index in [-0.39, 0.29) is 6.10 Å². The Morgan fingerprint density at radius 1 is 1.04 bits per heavy atom. The van der Waals surface area contributed by atoms with Crippen LogP contribution in [0.2, 0.25) is 0 Å². The Morgan fingerprint density at radius 3 is 2.28 bits per heavy atom. The van der Waals surface area contributed by atoms with Crippen LogP contribution in [0.1, 0.15) is 56.9 Å². The molecule has 0 spiro atoms. The van der Waals surface area contributed by atoms with Crippen LogP contribution in [0.3, 0.4) is 0 Å². The number of hydrogen-bond donors (Lipinski definition) is 1. The third-order valence-corrected chi connectivity index (χ3v) is 5.66. The van der Waals surface area contributed by atoms with Gasteiger partial charge in [0.25, 0.3) is 0 Å². The van der Waals surface area contributed by atoms with E-state index in [0.29, 0.717) is 37.2 Å². The summed E-state index contributed by atoms with van der Waals surface area (Å²) in [5.41, 5.74) is -1.12. The van der Waals surface area contributed by atoms with Gasteiger partial charge in [-0.25, -0.2) is 0 Å². The summed E-state index contributed by atoms with van der Waals surface area (Å²) in [6.07, 6.45) is 6.20. The maximum atomic E-state index is 10.2. The van der Waals surface area contributed by atoms with Gasteiger partial charge in [0.2, 0.25) is 0 Å². The van der Waals surface area contributed by atoms with Crippen molar-refractivity contribution in [2.45, 2.75) is 68.5 Å². The summed E-state index contributed by atoms with van der Waals surface area (Å²) in [6, 6.07) is 10.1. The molecule has 5 heteroatoms. The fraction of sp³-hybridized carbons (Fsp3) is 0.600. The normalized spacial score (nSPS) is 29.6. The molecular weight excluding hydrogens is 316 g/mol. The Morgan fingerprint density at radius 2 is 1.72 bits per heavy atom. The summed E-state index contributed by atoms with van der Waals surface area (Å²) in [5, 5.41) is 29.1. The van der Waals surface area contributed by atoms with E-state index in [4.69, 9.17) is 14.7 Å². The van der Waals surface area contributed by atoms with Crippen molar-refractivity contribution in [3.63, 3.8) is 0 Å². The topological polar surface area (TPSA) is 86.3 Å². The zero-order valence-electron chi connectivity index (χ0n) is 14.6. The molecular formula is C20H24N2O3. The molecule has 3 rings (SSSR count). The van der Waals surface area contributed by atoms with Crippen molar-refractivity contribution in [2.75, 3.05) is 7.11 Å². The van der Waals surface area contributed by atoms with Gasteiger partial charge in [-0.05, 0) is 69.1 Å². The van der Waals surface area contributed by atoms with Gasteiger partial charge in [-0.15, -0.1) is 0 Å². The molecule has 5 nitrogen and oxygen atoms in total. The Labute approximate surface area is 148 Å². The second kappa shape index (κ2) is 6.94. The average molecular weight is 340 g/mol. The first kappa shape index (κ1) is 17.6. The molecule has 2 aliphatic rings. The molecule has 1 aromatic rings. The third-order valence-electron chi connectivity index (χ3n) is 5.66. The summed E-state index contributed by atoms with van der Waals surface area (Å²) in [5.74, 6) is 1.36. The molecule has 2 aliphatic carbocycles. The lowest BCUT2D eigenvalue weighted by Gasteiger charge is -2.37. The number of methoxy groups -OCH3 is 1. The summed E-state index contributed by atoms with van der Waals surface area (Å²) in [7, 11) is 1.62. The molecule has 0 heterocycles. The second-order valence-electron chi connectivity index (χ2n) is 7.23. The standard InChI is InChI=1S/C20H24N2O3/c1-24-17-7-6-15(12-18(17)25-16-4-2-3-5-16)19(13-21)8-10-20(23,14-22)11-9-19/h6-7,12,16,23H,2-5,8-11H2,1H3. The van der Waals surface area contributed by atoms with Crippen LogP contribution in [0.15, 0.2) is 18.2 Å². The molecule has 0 saturated heterocycles. The minimum atomic E-state index is -1.31. The Bertz CT molecular complexity index is 703. The molecule has 132 valence electrons. The molecule has 1 N–H and O–H groups in total. The third kappa shape index (κ3) is 3.43. The predicted molar refractivity (Wildman–Crippen MR) is 92.2 cm³/mol. The summed E-state index contributed by atoms with van der Waals surface area (Å²) < 4.78 is 11.6. The largest absolute Gasteiger partial charge is 0.493 e. The van der Waals surface area contributed by atoms with E-state index in [1.807, 2.05) is 24.3 Å². The zero-order valence-corrected chi connectivity index (χ0v) is 14.6. The quantitative estimate of drug-likeness (QED) is 0.846. The average Bonchev–Trinajstić information content (AvgIpc) is 3.16. The molecule has 0 radical (unpaired) electrons. The van der Waals surface area contributed by atoms with Crippen molar-refractivity contribution in [1.29, 1.82) is 10.5 Å². The SMILES string of the molecule is COc1ccc(C2(C#N)CCC(O)(C#N)CC2)cc1OC1CCCC1. The predicted octanol–water partition coefficient (Wildman–Crippen LogP) is 3.61. The molecule has 0 amide bonds. The van der Waals surface area contributed by atoms with Crippen LogP contribution in [0.5, 0.6) is 11.5 Å². The highest BCUT2D eigenvalue weighted by Gasteiger charge is 2.43. The molecule has 0 atom stereocenters. The van der Waals surface area contributed by atoms with Gasteiger partial charge in [-0.1, -0.05) is 6.07 Å². The van der Waals surface area contributed by atoms with Crippen molar-refractivity contribution in [3.8, 4) is 23.6 Å². The van der Waals surface area contributed by atoms with Crippen molar-refractivity contribution in [2.24, 2.45) is 0 Å². The zero-order chi connectivity index (χ0) is 17.9. The number of rotatable bonds is 4. The van der Waals surface area contributed by atoms with Crippen LogP contribution in [-0.4, -0.2) is 23.9 Å². The second-order valence-corrected chi connectivity index (χ2v) is 7.23. The number of ether oxygens (including phenoxy) is 2. The fourth-order valence-corrected chi connectivity index (χ4v) is 3.92. The van der Waals surface area contributed by atoms with Crippen LogP contribution in [0, 0.1) is 22.7 Å². The first-order valence-corrected chi connectivity index (χ1v) is 8.94. The molecule has 2 fully saturated rings. The Balaban J connectivity index is 1.88. The highest BCUT2D eigenvalue weighted by Crippen LogP contribution is 2.45. The molecule has 0 bridgehead atoms. The van der Waals surface area contributed by atoms with E-state index < -0.39 is 11.0 Å². The molecule has 25 heavy (non-hydrogen) atoms. The van der Waals surface area contributed by atoms with E-state index >= 15 is 0 Å². The maximum absolute atomic E-state index is 10.2. The number of nitrogens with zero attached hydrogens (tertiary/aromatic N) is 2. The van der Waals surface area contributed by atoms with E-state index in [1.54, 1.807) is 7.11 Å². The van der Waals surface area contributed by atoms with Crippen LogP contribution < -0.4 is 9.47 Å². The number of aliphatic hydroxyl groups is 1. The maximum Gasteiger partial charge on any atom is 0.161 e. The van der Waals surface area contributed by atoms with E-state index in [2.05, 4.69) is 6.07 Å². The number of nitriles is 2. The summed E-state index contributed by atoms with van der Waals surface area (Å²) in [6.45, 7) is 0. The van der Waals surface area contributed by atoms with Gasteiger partial charge < -0.3 is 14.6 Å². The molecule has 1 aromatic carbocycles. The Kier molecular flexibility index (Phi) is 4.88. The van der Waals surface area contributed by atoms with Gasteiger partial charge >= 0.3 is 0 Å². The lowest BCUT2D eigenvalue weighted by Crippen LogP contribution is -2.39. The lowest BCUT2D eigenvalue weighted by molar-refractivity contribution is 0.0428. The Hall–Kier alpha value is -2.24. The van der Waals surface area contributed by atoms with Gasteiger partial charge in [-0.2, -0.15) is 10.5 Å². The molecule has 0 unspecified atom stereocenters. The summed E-state index contributed by atoms with van der Waals surface area (Å²) >= 11 is 0. The van der Waals surface area contributed by atoms with E-state index in [1.165, 1.54) is 12.8 Å². The van der Waals surface area contributed by atoms with Crippen molar-refractivity contribution in [3.05, 3.63) is 23.8 Å². The molecule has 0 aliphatic heterocycles. The van der Waals surface area contributed by atoms with Gasteiger partial charge in [0.1, 0.15) is 0 Å². The first-order chi connectivity index (χ1) is 12.0. The molecule has 2 saturated carbocycles. The van der Waals surface area contributed by atoms with Crippen LogP contribution in [0.25, 0.3) is 0 Å². The highest BCUT2D eigenvalue weighted by atomic mass is 16.5. The lowest BCUT2D eigenvalue weighted by atomic mass is 9.66. The fourth-order valence-electron chi connectivity index (χ4n) is 3.92. The monoisotopic (exact) mass is 340 g/mol. The van der Waals surface area contributed by atoms with Gasteiger partial charge in [0.15, 0.2) is 17.1 Å². The van der Waals surface area contributed by atoms with Crippen molar-refractivity contribution in [1.82, 2.24) is 0 Å². The van der Waals surface area contributed by atoms with Gasteiger partial charge in [-0.3, -0.25) is 0 Å². The van der Waals surface area contributed by atoms with Crippen LogP contribution in [-0.2, 0) is 5.41 Å². The smallest absolute Gasteiger partial charge is 0.161 e. The minimum Gasteiger partial charge on any atom is -0.493 e. The van der Waals surface area contributed by atoms with Crippen molar-refractivity contribution >= 4 is 0 Å². The molecule has 0 aromatic heterocycles.